The van der Waals surface area contributed by atoms with Gasteiger partial charge in [0, 0.05) is 34.0 Å². The van der Waals surface area contributed by atoms with Gasteiger partial charge in [-0.1, -0.05) is 23.2 Å². The van der Waals surface area contributed by atoms with Gasteiger partial charge in [0.2, 0.25) is 0 Å². The van der Waals surface area contributed by atoms with Crippen LogP contribution in [0.15, 0.2) is 75.0 Å². The number of hydrogen-bond acceptors (Lipinski definition) is 6. The third-order valence-electron chi connectivity index (χ3n) is 4.74. The van der Waals surface area contributed by atoms with Gasteiger partial charge in [0.25, 0.3) is 17.7 Å². The highest BCUT2D eigenvalue weighted by atomic mass is 35.5. The van der Waals surface area contributed by atoms with Gasteiger partial charge >= 0.3 is 0 Å². The van der Waals surface area contributed by atoms with Crippen LogP contribution >= 0.6 is 23.2 Å². The summed E-state index contributed by atoms with van der Waals surface area (Å²) in [4.78, 5) is 45.9. The fourth-order valence-electron chi connectivity index (χ4n) is 2.96. The van der Waals surface area contributed by atoms with Crippen molar-refractivity contribution in [3.05, 3.63) is 82.0 Å². The first kappa shape index (κ1) is 28.0. The van der Waals surface area contributed by atoms with Crippen molar-refractivity contribution in [3.63, 3.8) is 0 Å². The molecule has 1 atom stereocenters. The molecule has 1 heterocycles. The van der Waals surface area contributed by atoms with Crippen molar-refractivity contribution in [2.75, 3.05) is 16.9 Å². The number of rotatable bonds is 7. The molecule has 0 saturated carbocycles. The molecular formula is C25H23Cl2N5O4S. The second-order valence-corrected chi connectivity index (χ2v) is 11.2. The number of benzene rings is 2. The highest BCUT2D eigenvalue weighted by molar-refractivity contribution is 7.93. The van der Waals surface area contributed by atoms with E-state index < -0.39 is 27.5 Å². The van der Waals surface area contributed by atoms with E-state index in [2.05, 4.69) is 25.0 Å². The molecule has 3 amide bonds. The molecule has 12 heteroatoms. The first-order chi connectivity index (χ1) is 17.4. The summed E-state index contributed by atoms with van der Waals surface area (Å²) in [5.41, 5.74) is 0.563. The number of anilines is 2. The van der Waals surface area contributed by atoms with Crippen LogP contribution in [0.2, 0.25) is 10.0 Å². The zero-order chi connectivity index (χ0) is 27.2. The van der Waals surface area contributed by atoms with E-state index in [-0.39, 0.29) is 33.6 Å². The molecule has 37 heavy (non-hydrogen) atoms. The Balaban J connectivity index is 1.79. The van der Waals surface area contributed by atoms with Crippen LogP contribution in [0.3, 0.4) is 0 Å². The fourth-order valence-corrected chi connectivity index (χ4v) is 4.38. The van der Waals surface area contributed by atoms with Crippen LogP contribution in [0.25, 0.3) is 0 Å². The van der Waals surface area contributed by atoms with E-state index in [1.165, 1.54) is 61.0 Å². The van der Waals surface area contributed by atoms with Crippen LogP contribution in [-0.2, 0) is 14.5 Å². The van der Waals surface area contributed by atoms with Crippen molar-refractivity contribution in [1.82, 2.24) is 4.98 Å². The summed E-state index contributed by atoms with van der Waals surface area (Å²) < 4.78 is 16.7. The summed E-state index contributed by atoms with van der Waals surface area (Å²) in [6.07, 6.45) is 3.76. The Morgan fingerprint density at radius 2 is 1.62 bits per heavy atom. The Labute approximate surface area is 224 Å². The Bertz CT molecular complexity index is 1480. The minimum absolute atomic E-state index is 0.0915. The van der Waals surface area contributed by atoms with Crippen LogP contribution in [0.1, 0.15) is 34.6 Å². The largest absolute Gasteiger partial charge is 0.321 e. The van der Waals surface area contributed by atoms with Crippen molar-refractivity contribution >= 4 is 68.4 Å². The van der Waals surface area contributed by atoms with E-state index in [9.17, 15) is 18.6 Å². The van der Waals surface area contributed by atoms with Gasteiger partial charge in [-0.3, -0.25) is 19.4 Å². The lowest BCUT2D eigenvalue weighted by Crippen LogP contribution is -2.18. The molecule has 0 spiro atoms. The van der Waals surface area contributed by atoms with Crippen molar-refractivity contribution in [3.8, 4) is 0 Å². The number of nitrogens with zero attached hydrogens (tertiary/aromatic N) is 3. The summed E-state index contributed by atoms with van der Waals surface area (Å²) in [5.74, 6) is -1.50. The number of amides is 3. The van der Waals surface area contributed by atoms with Crippen LogP contribution in [-0.4, -0.2) is 45.4 Å². The summed E-state index contributed by atoms with van der Waals surface area (Å²) in [5, 5.41) is 6.02. The predicted octanol–water partition coefficient (Wildman–Crippen LogP) is 5.36. The van der Waals surface area contributed by atoms with Gasteiger partial charge in [-0.05, 0) is 68.4 Å². The molecule has 192 valence electrons. The maximum Gasteiger partial charge on any atom is 0.296 e. The second kappa shape index (κ2) is 12.1. The summed E-state index contributed by atoms with van der Waals surface area (Å²) in [7, 11) is -3.04. The number of halogens is 2. The molecule has 0 radical (unpaired) electrons. The van der Waals surface area contributed by atoms with Gasteiger partial charge in [0.05, 0.1) is 32.2 Å². The molecule has 1 aromatic heterocycles. The molecule has 9 nitrogen and oxygen atoms in total. The molecule has 3 aromatic rings. The molecule has 0 aliphatic heterocycles. The SMILES string of the molecule is CC(C)N=CC(=O)N=S(C)(=O)c1ccc(C(=O)Nc2ccc(Cl)cc2C(=O)Nc2ccc(Cl)cn2)cc1. The standard InChI is InChI=1S/C25H23Cl2N5O4S/c1-15(2)28-14-23(33)32-37(3,36)19-8-4-16(5-9-19)24(34)30-21-10-6-17(26)12-20(21)25(35)31-22-11-7-18(27)13-29-22/h4-15H,1-3H3,(H,30,34)(H,29,31,35). The maximum absolute atomic E-state index is 12.9. The number of carbonyl (C=O) groups is 3. The lowest BCUT2D eigenvalue weighted by atomic mass is 10.1. The number of nitrogens with one attached hydrogen (secondary N) is 2. The van der Waals surface area contributed by atoms with E-state index in [1.54, 1.807) is 19.9 Å². The molecule has 0 saturated heterocycles. The number of aromatic nitrogens is 1. The molecule has 3 rings (SSSR count). The maximum atomic E-state index is 12.9. The third kappa shape index (κ3) is 7.94. The lowest BCUT2D eigenvalue weighted by molar-refractivity contribution is -0.111. The number of hydrogen-bond donors (Lipinski definition) is 2. The molecule has 2 N–H and O–H groups in total. The lowest BCUT2D eigenvalue weighted by Gasteiger charge is -2.12. The Morgan fingerprint density at radius 3 is 2.24 bits per heavy atom. The van der Waals surface area contributed by atoms with Crippen LogP contribution in [0.5, 0.6) is 0 Å². The average molecular weight is 560 g/mol. The topological polar surface area (TPSA) is 130 Å². The van der Waals surface area contributed by atoms with Gasteiger partial charge in [-0.15, -0.1) is 0 Å². The van der Waals surface area contributed by atoms with Crippen molar-refractivity contribution in [1.29, 1.82) is 0 Å². The van der Waals surface area contributed by atoms with E-state index in [1.807, 2.05) is 0 Å². The van der Waals surface area contributed by atoms with Crippen molar-refractivity contribution in [2.45, 2.75) is 24.8 Å². The van der Waals surface area contributed by atoms with Crippen LogP contribution in [0, 0.1) is 0 Å². The van der Waals surface area contributed by atoms with E-state index in [4.69, 9.17) is 23.2 Å². The molecule has 1 unspecified atom stereocenters. The average Bonchev–Trinajstić information content (AvgIpc) is 2.85. The smallest absolute Gasteiger partial charge is 0.296 e. The zero-order valence-electron chi connectivity index (χ0n) is 20.1. The number of carbonyl (C=O) groups excluding carboxylic acids is 3. The monoisotopic (exact) mass is 559 g/mol. The Kier molecular flexibility index (Phi) is 9.14. The summed E-state index contributed by atoms with van der Waals surface area (Å²) in [6, 6.07) is 13.3. The fraction of sp³-hybridized carbons (Fsp3) is 0.160. The van der Waals surface area contributed by atoms with Gasteiger partial charge < -0.3 is 10.6 Å². The first-order valence-corrected chi connectivity index (χ1v) is 13.6. The summed E-state index contributed by atoms with van der Waals surface area (Å²) >= 11 is 11.9. The number of pyridine rings is 1. The Hall–Kier alpha value is -3.60. The van der Waals surface area contributed by atoms with E-state index in [0.717, 1.165) is 6.21 Å². The molecule has 0 aliphatic carbocycles. The normalized spacial score (nSPS) is 12.7. The molecule has 0 bridgehead atoms. The molecule has 2 aromatic carbocycles. The molecule has 0 aliphatic rings. The minimum Gasteiger partial charge on any atom is -0.321 e. The number of aliphatic imine (C=N–C) groups is 1. The summed E-state index contributed by atoms with van der Waals surface area (Å²) in [6.45, 7) is 3.60. The van der Waals surface area contributed by atoms with Gasteiger partial charge in [0.1, 0.15) is 5.82 Å². The quantitative estimate of drug-likeness (QED) is 0.376. The van der Waals surface area contributed by atoms with Crippen LogP contribution in [0.4, 0.5) is 11.5 Å². The van der Waals surface area contributed by atoms with Gasteiger partial charge in [-0.25, -0.2) is 9.19 Å². The zero-order valence-corrected chi connectivity index (χ0v) is 22.4. The van der Waals surface area contributed by atoms with Crippen molar-refractivity contribution in [2.24, 2.45) is 9.36 Å². The van der Waals surface area contributed by atoms with Crippen molar-refractivity contribution < 1.29 is 18.6 Å². The van der Waals surface area contributed by atoms with E-state index >= 15 is 0 Å². The second-order valence-electron chi connectivity index (χ2n) is 8.09. The van der Waals surface area contributed by atoms with E-state index in [0.29, 0.717) is 10.0 Å². The Morgan fingerprint density at radius 1 is 0.946 bits per heavy atom. The molecular weight excluding hydrogens is 537 g/mol. The highest BCUT2D eigenvalue weighted by Crippen LogP contribution is 2.23. The minimum atomic E-state index is -3.04. The predicted molar refractivity (Wildman–Crippen MR) is 146 cm³/mol. The first-order valence-electron chi connectivity index (χ1n) is 10.9. The van der Waals surface area contributed by atoms with Gasteiger partial charge in [-0.2, -0.15) is 4.36 Å². The third-order valence-corrected chi connectivity index (χ3v) is 6.88. The highest BCUT2D eigenvalue weighted by Gasteiger charge is 2.17. The van der Waals surface area contributed by atoms with Gasteiger partial charge in [0.15, 0.2) is 0 Å². The van der Waals surface area contributed by atoms with Crippen LogP contribution < -0.4 is 10.6 Å². The molecule has 0 fully saturated rings.